The highest BCUT2D eigenvalue weighted by Gasteiger charge is 2.51. The number of ether oxygens (including phenoxy) is 2. The van der Waals surface area contributed by atoms with Crippen LogP contribution in [0.15, 0.2) is 54.6 Å². The number of nitrogens with zero attached hydrogens (tertiary/aromatic N) is 1. The van der Waals surface area contributed by atoms with Crippen molar-refractivity contribution in [2.75, 3.05) is 20.3 Å². The first-order chi connectivity index (χ1) is 15.6. The fourth-order valence-corrected chi connectivity index (χ4v) is 4.47. The summed E-state index contributed by atoms with van der Waals surface area (Å²) in [6, 6.07) is 17.8. The second-order valence-electron chi connectivity index (χ2n) is 10.0. The Morgan fingerprint density at radius 3 is 2.15 bits per heavy atom. The topological polar surface area (TPSA) is 57.2 Å². The van der Waals surface area contributed by atoms with E-state index in [1.807, 2.05) is 89.2 Å². The normalized spacial score (nSPS) is 25.1. The van der Waals surface area contributed by atoms with Gasteiger partial charge < -0.3 is 23.7 Å². The van der Waals surface area contributed by atoms with Crippen molar-refractivity contribution < 1.29 is 23.6 Å². The quantitative estimate of drug-likeness (QED) is 0.609. The molecule has 0 radical (unpaired) electrons. The molecule has 2 aliphatic rings. The van der Waals surface area contributed by atoms with Crippen LogP contribution in [0.4, 0.5) is 4.79 Å². The minimum Gasteiger partial charge on any atom is -0.435 e. The van der Waals surface area contributed by atoms with Gasteiger partial charge in [0.1, 0.15) is 0 Å². The molecule has 2 saturated heterocycles. The van der Waals surface area contributed by atoms with E-state index in [1.54, 1.807) is 12.0 Å². The van der Waals surface area contributed by atoms with Gasteiger partial charge in [0, 0.05) is 20.1 Å². The minimum atomic E-state index is -0.760. The van der Waals surface area contributed by atoms with Gasteiger partial charge >= 0.3 is 13.2 Å². The van der Waals surface area contributed by atoms with E-state index in [2.05, 4.69) is 0 Å². The zero-order valence-electron chi connectivity index (χ0n) is 20.5. The van der Waals surface area contributed by atoms with Crippen LogP contribution in [0.5, 0.6) is 0 Å². The maximum absolute atomic E-state index is 13.1. The number of amides is 1. The Labute approximate surface area is 197 Å². The third-order valence-corrected chi connectivity index (χ3v) is 7.36. The van der Waals surface area contributed by atoms with Gasteiger partial charge in [0.2, 0.25) is 0 Å². The lowest BCUT2D eigenvalue weighted by atomic mass is 9.78. The van der Waals surface area contributed by atoms with Crippen LogP contribution in [0.1, 0.15) is 58.2 Å². The number of cyclic esters (lactones) is 1. The summed E-state index contributed by atoms with van der Waals surface area (Å²) in [7, 11) is 1.23. The molecule has 2 atom stereocenters. The van der Waals surface area contributed by atoms with Crippen molar-refractivity contribution in [2.45, 2.75) is 63.9 Å². The molecule has 2 aliphatic heterocycles. The molecule has 2 heterocycles. The van der Waals surface area contributed by atoms with Crippen molar-refractivity contribution in [3.8, 4) is 0 Å². The Kier molecular flexibility index (Phi) is 6.33. The highest BCUT2D eigenvalue weighted by Crippen LogP contribution is 2.38. The third kappa shape index (κ3) is 4.42. The van der Waals surface area contributed by atoms with E-state index in [4.69, 9.17) is 18.8 Å². The molecule has 0 N–H and O–H groups in total. The zero-order chi connectivity index (χ0) is 23.9. The van der Waals surface area contributed by atoms with E-state index >= 15 is 0 Å². The molecular formula is C26H34BNO5. The fourth-order valence-electron chi connectivity index (χ4n) is 4.47. The van der Waals surface area contributed by atoms with Crippen LogP contribution in [0, 0.1) is 0 Å². The lowest BCUT2D eigenvalue weighted by Gasteiger charge is -2.43. The summed E-state index contributed by atoms with van der Waals surface area (Å²) in [5, 5.41) is 0. The number of rotatable bonds is 6. The van der Waals surface area contributed by atoms with Gasteiger partial charge in [-0.1, -0.05) is 54.6 Å². The predicted molar refractivity (Wildman–Crippen MR) is 128 cm³/mol. The van der Waals surface area contributed by atoms with Gasteiger partial charge in [-0.05, 0) is 51.2 Å². The number of carbonyl (C=O) groups excluding carboxylic acids is 1. The monoisotopic (exact) mass is 451 g/mol. The molecule has 0 bridgehead atoms. The summed E-state index contributed by atoms with van der Waals surface area (Å²) in [6.45, 7) is 11.1. The molecule has 0 spiro atoms. The first-order valence-corrected chi connectivity index (χ1v) is 11.6. The van der Waals surface area contributed by atoms with Crippen molar-refractivity contribution in [1.29, 1.82) is 0 Å². The lowest BCUT2D eigenvalue weighted by molar-refractivity contribution is -0.0964. The summed E-state index contributed by atoms with van der Waals surface area (Å²) < 4.78 is 23.8. The van der Waals surface area contributed by atoms with Crippen LogP contribution in [-0.2, 0) is 24.4 Å². The van der Waals surface area contributed by atoms with Crippen molar-refractivity contribution in [3.05, 3.63) is 65.7 Å². The number of hydrogen-bond donors (Lipinski definition) is 0. The Morgan fingerprint density at radius 1 is 1.00 bits per heavy atom. The highest BCUT2D eigenvalue weighted by molar-refractivity contribution is 6.62. The molecule has 1 amide bonds. The van der Waals surface area contributed by atoms with Gasteiger partial charge in [-0.3, -0.25) is 0 Å². The second kappa shape index (κ2) is 8.78. The van der Waals surface area contributed by atoms with Gasteiger partial charge in [0.05, 0.1) is 23.9 Å². The van der Waals surface area contributed by atoms with Crippen LogP contribution in [-0.4, -0.2) is 49.6 Å². The number of methoxy groups -OCH3 is 1. The smallest absolute Gasteiger partial charge is 0.435 e. The van der Waals surface area contributed by atoms with E-state index in [9.17, 15) is 4.79 Å². The van der Waals surface area contributed by atoms with Gasteiger partial charge in [0.25, 0.3) is 0 Å². The summed E-state index contributed by atoms with van der Waals surface area (Å²) in [4.78, 5) is 14.9. The maximum Gasteiger partial charge on any atom is 0.494 e. The Bertz CT molecular complexity index is 962. The average Bonchev–Trinajstić information content (AvgIpc) is 3.01. The Hall–Kier alpha value is -2.35. The molecule has 0 saturated carbocycles. The summed E-state index contributed by atoms with van der Waals surface area (Å²) in [6.07, 6.45) is 0.331. The molecule has 2 fully saturated rings. The van der Waals surface area contributed by atoms with Crippen molar-refractivity contribution in [3.63, 3.8) is 0 Å². The molecule has 2 aromatic rings. The molecule has 2 aromatic carbocycles. The molecule has 6 nitrogen and oxygen atoms in total. The highest BCUT2D eigenvalue weighted by atomic mass is 16.7. The largest absolute Gasteiger partial charge is 0.494 e. The summed E-state index contributed by atoms with van der Waals surface area (Å²) in [5.74, 6) is 0. The van der Waals surface area contributed by atoms with E-state index in [0.29, 0.717) is 19.6 Å². The minimum absolute atomic E-state index is 0.124. The SMILES string of the molecule is COCC1(c2ccccc2)CCN(C(C)c2ccc(B3OC(C)(C)C(C)(C)O3)cc2)C(=O)O1. The number of benzene rings is 2. The predicted octanol–water partition coefficient (Wildman–Crippen LogP) is 4.43. The van der Waals surface area contributed by atoms with E-state index in [1.165, 1.54) is 0 Å². The first-order valence-electron chi connectivity index (χ1n) is 11.6. The molecule has 176 valence electrons. The molecule has 0 aliphatic carbocycles. The van der Waals surface area contributed by atoms with E-state index in [-0.39, 0.29) is 23.3 Å². The van der Waals surface area contributed by atoms with Crippen LogP contribution in [0.25, 0.3) is 0 Å². The summed E-state index contributed by atoms with van der Waals surface area (Å²) >= 11 is 0. The lowest BCUT2D eigenvalue weighted by Crippen LogP contribution is -2.50. The zero-order valence-corrected chi connectivity index (χ0v) is 20.5. The van der Waals surface area contributed by atoms with E-state index < -0.39 is 12.7 Å². The molecule has 7 heteroatoms. The molecule has 4 rings (SSSR count). The molecule has 0 aromatic heterocycles. The van der Waals surface area contributed by atoms with Crippen LogP contribution in [0.3, 0.4) is 0 Å². The number of carbonyl (C=O) groups is 1. The Morgan fingerprint density at radius 2 is 1.61 bits per heavy atom. The van der Waals surface area contributed by atoms with E-state index in [0.717, 1.165) is 16.6 Å². The average molecular weight is 451 g/mol. The molecule has 33 heavy (non-hydrogen) atoms. The molecule has 2 unspecified atom stereocenters. The third-order valence-electron chi connectivity index (χ3n) is 7.36. The van der Waals surface area contributed by atoms with Crippen LogP contribution in [0.2, 0.25) is 0 Å². The van der Waals surface area contributed by atoms with Gasteiger partial charge in [-0.15, -0.1) is 0 Å². The van der Waals surface area contributed by atoms with Crippen molar-refractivity contribution in [2.24, 2.45) is 0 Å². The summed E-state index contributed by atoms with van der Waals surface area (Å²) in [5.41, 5.74) is 1.44. The molecular weight excluding hydrogens is 417 g/mol. The van der Waals surface area contributed by atoms with Crippen molar-refractivity contribution in [1.82, 2.24) is 4.90 Å². The standard InChI is InChI=1S/C26H34BNO5/c1-19(20-12-14-22(15-13-20)27-32-24(2,3)25(4,5)33-27)28-17-16-26(18-30-6,31-23(28)29)21-10-8-7-9-11-21/h7-15,19H,16-18H2,1-6H3. The van der Waals surface area contributed by atoms with Crippen molar-refractivity contribution >= 4 is 18.7 Å². The maximum atomic E-state index is 13.1. The van der Waals surface area contributed by atoms with Gasteiger partial charge in [0.15, 0.2) is 5.60 Å². The van der Waals surface area contributed by atoms with Crippen LogP contribution < -0.4 is 5.46 Å². The first kappa shape index (κ1) is 23.8. The van der Waals surface area contributed by atoms with Gasteiger partial charge in [-0.25, -0.2) is 4.79 Å². The number of hydrogen-bond acceptors (Lipinski definition) is 5. The fraction of sp³-hybridized carbons (Fsp3) is 0.500. The van der Waals surface area contributed by atoms with Gasteiger partial charge in [-0.2, -0.15) is 0 Å². The Balaban J connectivity index is 1.47. The van der Waals surface area contributed by atoms with Crippen LogP contribution >= 0.6 is 0 Å². The second-order valence-corrected chi connectivity index (χ2v) is 10.0.